The van der Waals surface area contributed by atoms with E-state index in [-0.39, 0.29) is 0 Å². The van der Waals surface area contributed by atoms with Gasteiger partial charge in [-0.1, -0.05) is 39.0 Å². The summed E-state index contributed by atoms with van der Waals surface area (Å²) in [4.78, 5) is 0. The second kappa shape index (κ2) is 12.4. The van der Waals surface area contributed by atoms with Gasteiger partial charge in [-0.15, -0.1) is 0 Å². The molecule has 3 unspecified atom stereocenters. The standard InChI is InChI=1S/C17H35NO3/c1-3-4-5-6-7-8-11-20-14-16(19)13-18-15(2)17-10-9-12-21-17/h15-19H,3-14H2,1-2H3. The van der Waals surface area contributed by atoms with E-state index in [0.29, 0.717) is 25.3 Å². The van der Waals surface area contributed by atoms with Crippen LogP contribution in [0.15, 0.2) is 0 Å². The summed E-state index contributed by atoms with van der Waals surface area (Å²) < 4.78 is 11.2. The molecule has 1 fully saturated rings. The Morgan fingerprint density at radius 3 is 2.71 bits per heavy atom. The molecule has 0 radical (unpaired) electrons. The van der Waals surface area contributed by atoms with Crippen LogP contribution in [0.3, 0.4) is 0 Å². The van der Waals surface area contributed by atoms with E-state index < -0.39 is 6.10 Å². The van der Waals surface area contributed by atoms with Crippen LogP contribution in [-0.2, 0) is 9.47 Å². The summed E-state index contributed by atoms with van der Waals surface area (Å²) in [5.41, 5.74) is 0. The fourth-order valence-corrected chi connectivity index (χ4v) is 2.71. The summed E-state index contributed by atoms with van der Waals surface area (Å²) >= 11 is 0. The van der Waals surface area contributed by atoms with Crippen molar-refractivity contribution in [2.75, 3.05) is 26.4 Å². The third kappa shape index (κ3) is 9.46. The highest BCUT2D eigenvalue weighted by Crippen LogP contribution is 2.15. The maximum absolute atomic E-state index is 9.89. The summed E-state index contributed by atoms with van der Waals surface area (Å²) in [6.45, 7) is 7.01. The third-order valence-corrected chi connectivity index (χ3v) is 4.15. The van der Waals surface area contributed by atoms with Crippen LogP contribution in [0.1, 0.15) is 65.2 Å². The van der Waals surface area contributed by atoms with Crippen LogP contribution in [0.25, 0.3) is 0 Å². The van der Waals surface area contributed by atoms with Gasteiger partial charge in [0.05, 0.1) is 18.8 Å². The van der Waals surface area contributed by atoms with Crippen molar-refractivity contribution in [2.24, 2.45) is 0 Å². The van der Waals surface area contributed by atoms with Gasteiger partial charge in [0.1, 0.15) is 0 Å². The lowest BCUT2D eigenvalue weighted by atomic mass is 10.1. The topological polar surface area (TPSA) is 50.7 Å². The maximum Gasteiger partial charge on any atom is 0.0897 e. The molecule has 4 nitrogen and oxygen atoms in total. The second-order valence-corrected chi connectivity index (χ2v) is 6.24. The molecule has 1 rings (SSSR count). The molecule has 4 heteroatoms. The number of aliphatic hydroxyl groups excluding tert-OH is 1. The Balaban J connectivity index is 1.88. The van der Waals surface area contributed by atoms with Crippen LogP contribution in [0.5, 0.6) is 0 Å². The first kappa shape index (κ1) is 18.9. The Labute approximate surface area is 130 Å². The van der Waals surface area contributed by atoms with Gasteiger partial charge in [-0.2, -0.15) is 0 Å². The minimum Gasteiger partial charge on any atom is -0.389 e. The predicted octanol–water partition coefficient (Wildman–Crippen LogP) is 2.88. The fraction of sp³-hybridized carbons (Fsp3) is 1.00. The zero-order chi connectivity index (χ0) is 15.3. The van der Waals surface area contributed by atoms with E-state index in [1.54, 1.807) is 0 Å². The summed E-state index contributed by atoms with van der Waals surface area (Å²) in [6.07, 6.45) is 9.79. The van der Waals surface area contributed by atoms with E-state index in [4.69, 9.17) is 9.47 Å². The number of nitrogens with one attached hydrogen (secondary N) is 1. The molecule has 0 spiro atoms. The van der Waals surface area contributed by atoms with Gasteiger partial charge in [0.25, 0.3) is 0 Å². The zero-order valence-electron chi connectivity index (χ0n) is 14.0. The van der Waals surface area contributed by atoms with Gasteiger partial charge in [-0.25, -0.2) is 0 Å². The van der Waals surface area contributed by atoms with Crippen molar-refractivity contribution in [3.63, 3.8) is 0 Å². The van der Waals surface area contributed by atoms with Crippen LogP contribution in [0, 0.1) is 0 Å². The minimum absolute atomic E-state index is 0.306. The number of aliphatic hydroxyl groups is 1. The predicted molar refractivity (Wildman–Crippen MR) is 86.6 cm³/mol. The Hall–Kier alpha value is -0.160. The summed E-state index contributed by atoms with van der Waals surface area (Å²) in [7, 11) is 0. The lowest BCUT2D eigenvalue weighted by Crippen LogP contribution is -2.42. The van der Waals surface area contributed by atoms with E-state index in [2.05, 4.69) is 19.2 Å². The lowest BCUT2D eigenvalue weighted by Gasteiger charge is -2.21. The van der Waals surface area contributed by atoms with Crippen LogP contribution in [-0.4, -0.2) is 49.7 Å². The molecule has 1 aliphatic rings. The number of rotatable bonds is 13. The van der Waals surface area contributed by atoms with Crippen molar-refractivity contribution in [2.45, 2.75) is 83.5 Å². The number of hydrogen-bond acceptors (Lipinski definition) is 4. The molecule has 0 aliphatic carbocycles. The molecule has 0 amide bonds. The molecule has 0 aromatic carbocycles. The minimum atomic E-state index is -0.422. The monoisotopic (exact) mass is 301 g/mol. The normalized spacial score (nSPS) is 21.6. The smallest absolute Gasteiger partial charge is 0.0897 e. The Kier molecular flexibility index (Phi) is 11.1. The van der Waals surface area contributed by atoms with Crippen LogP contribution in [0.2, 0.25) is 0 Å². The average Bonchev–Trinajstić information content (AvgIpc) is 3.02. The van der Waals surface area contributed by atoms with Gasteiger partial charge < -0.3 is 19.9 Å². The molecular weight excluding hydrogens is 266 g/mol. The molecule has 21 heavy (non-hydrogen) atoms. The molecule has 0 saturated carbocycles. The van der Waals surface area contributed by atoms with Crippen LogP contribution < -0.4 is 5.32 Å². The molecule has 3 atom stereocenters. The zero-order valence-corrected chi connectivity index (χ0v) is 14.0. The molecule has 0 aromatic rings. The van der Waals surface area contributed by atoms with Gasteiger partial charge in [0.2, 0.25) is 0 Å². The molecule has 126 valence electrons. The highest BCUT2D eigenvalue weighted by Gasteiger charge is 2.22. The van der Waals surface area contributed by atoms with Crippen molar-refractivity contribution in [3.05, 3.63) is 0 Å². The van der Waals surface area contributed by atoms with Crippen LogP contribution in [0.4, 0.5) is 0 Å². The SMILES string of the molecule is CCCCCCCCOCC(O)CNC(C)C1CCCO1. The first-order valence-electron chi connectivity index (χ1n) is 8.84. The van der Waals surface area contributed by atoms with Crippen molar-refractivity contribution >= 4 is 0 Å². The van der Waals surface area contributed by atoms with Crippen molar-refractivity contribution in [1.29, 1.82) is 0 Å². The van der Waals surface area contributed by atoms with E-state index in [1.807, 2.05) is 0 Å². The van der Waals surface area contributed by atoms with Crippen molar-refractivity contribution < 1.29 is 14.6 Å². The molecular formula is C17H35NO3. The van der Waals surface area contributed by atoms with E-state index in [0.717, 1.165) is 32.5 Å². The average molecular weight is 301 g/mol. The number of unbranched alkanes of at least 4 members (excludes halogenated alkanes) is 5. The highest BCUT2D eigenvalue weighted by molar-refractivity contribution is 4.77. The molecule has 1 aliphatic heterocycles. The summed E-state index contributed by atoms with van der Waals surface area (Å²) in [5.74, 6) is 0. The van der Waals surface area contributed by atoms with Gasteiger partial charge in [-0.05, 0) is 26.2 Å². The van der Waals surface area contributed by atoms with Gasteiger partial charge >= 0.3 is 0 Å². The Morgan fingerprint density at radius 1 is 1.24 bits per heavy atom. The molecule has 0 bridgehead atoms. The lowest BCUT2D eigenvalue weighted by molar-refractivity contribution is 0.0281. The quantitative estimate of drug-likeness (QED) is 0.514. The Bertz CT molecular complexity index is 232. The van der Waals surface area contributed by atoms with E-state index in [1.165, 1.54) is 32.1 Å². The van der Waals surface area contributed by atoms with E-state index in [9.17, 15) is 5.11 Å². The van der Waals surface area contributed by atoms with E-state index >= 15 is 0 Å². The molecule has 0 aromatic heterocycles. The van der Waals surface area contributed by atoms with Crippen LogP contribution >= 0.6 is 0 Å². The van der Waals surface area contributed by atoms with Gasteiger partial charge in [0, 0.05) is 25.8 Å². The second-order valence-electron chi connectivity index (χ2n) is 6.24. The first-order valence-corrected chi connectivity index (χ1v) is 8.84. The molecule has 1 heterocycles. The third-order valence-electron chi connectivity index (χ3n) is 4.15. The summed E-state index contributed by atoms with van der Waals surface area (Å²) in [6, 6.07) is 0.306. The van der Waals surface area contributed by atoms with Gasteiger partial charge in [0.15, 0.2) is 0 Å². The summed E-state index contributed by atoms with van der Waals surface area (Å²) in [5, 5.41) is 13.2. The highest BCUT2D eigenvalue weighted by atomic mass is 16.5. The Morgan fingerprint density at radius 2 is 2.00 bits per heavy atom. The molecule has 1 saturated heterocycles. The van der Waals surface area contributed by atoms with Gasteiger partial charge in [-0.3, -0.25) is 0 Å². The first-order chi connectivity index (χ1) is 10.2. The maximum atomic E-state index is 9.89. The molecule has 2 N–H and O–H groups in total. The number of ether oxygens (including phenoxy) is 2. The fourth-order valence-electron chi connectivity index (χ4n) is 2.71. The largest absolute Gasteiger partial charge is 0.389 e. The van der Waals surface area contributed by atoms with Crippen molar-refractivity contribution in [1.82, 2.24) is 5.32 Å². The number of hydrogen-bond donors (Lipinski definition) is 2. The van der Waals surface area contributed by atoms with Crippen molar-refractivity contribution in [3.8, 4) is 0 Å².